The quantitative estimate of drug-likeness (QED) is 0.861. The summed E-state index contributed by atoms with van der Waals surface area (Å²) in [5.41, 5.74) is 0.400. The molecule has 1 N–H and O–H groups in total. The Kier molecular flexibility index (Phi) is 5.40. The lowest BCUT2D eigenvalue weighted by atomic mass is 10.1. The van der Waals surface area contributed by atoms with E-state index in [1.54, 1.807) is 12.3 Å². The van der Waals surface area contributed by atoms with E-state index in [2.05, 4.69) is 40.1 Å². The van der Waals surface area contributed by atoms with Gasteiger partial charge in [0.25, 0.3) is 5.91 Å². The minimum absolute atomic E-state index is 0.123. The number of carbonyl (C=O) groups is 1. The largest absolute Gasteiger partial charge is 0.349 e. The van der Waals surface area contributed by atoms with Gasteiger partial charge in [-0.1, -0.05) is 25.4 Å². The highest BCUT2D eigenvalue weighted by atomic mass is 79.9. The third-order valence-electron chi connectivity index (χ3n) is 2.25. The predicted molar refractivity (Wildman–Crippen MR) is 73.3 cm³/mol. The van der Waals surface area contributed by atoms with Crippen LogP contribution in [0.5, 0.6) is 0 Å². The number of halogens is 2. The fraction of sp³-hybridized carbons (Fsp3) is 0.500. The summed E-state index contributed by atoms with van der Waals surface area (Å²) in [5, 5.41) is 3.14. The van der Waals surface area contributed by atoms with E-state index in [-0.39, 0.29) is 17.1 Å². The van der Waals surface area contributed by atoms with Crippen LogP contribution in [0.25, 0.3) is 0 Å². The van der Waals surface area contributed by atoms with Gasteiger partial charge in [0.2, 0.25) is 0 Å². The monoisotopic (exact) mass is 318 g/mol. The number of rotatable bonds is 4. The number of pyridine rings is 1. The normalized spacial score (nSPS) is 12.6. The van der Waals surface area contributed by atoms with E-state index < -0.39 is 0 Å². The zero-order valence-electron chi connectivity index (χ0n) is 10.1. The van der Waals surface area contributed by atoms with Crippen LogP contribution >= 0.6 is 27.5 Å². The molecule has 3 nitrogen and oxygen atoms in total. The highest BCUT2D eigenvalue weighted by molar-refractivity contribution is 9.10. The van der Waals surface area contributed by atoms with Crippen LogP contribution in [0.2, 0.25) is 5.15 Å². The first-order valence-electron chi connectivity index (χ1n) is 5.52. The van der Waals surface area contributed by atoms with Gasteiger partial charge in [-0.2, -0.15) is 0 Å². The Bertz CT molecular complexity index is 409. The lowest BCUT2D eigenvalue weighted by molar-refractivity contribution is 0.0936. The van der Waals surface area contributed by atoms with Gasteiger partial charge in [-0.25, -0.2) is 4.98 Å². The van der Waals surface area contributed by atoms with Crippen molar-refractivity contribution in [3.63, 3.8) is 0 Å². The number of hydrogen-bond acceptors (Lipinski definition) is 2. The Morgan fingerprint density at radius 1 is 1.53 bits per heavy atom. The molecule has 0 aliphatic carbocycles. The Morgan fingerprint density at radius 2 is 2.18 bits per heavy atom. The fourth-order valence-corrected chi connectivity index (χ4v) is 2.17. The first-order valence-corrected chi connectivity index (χ1v) is 6.69. The number of hydrogen-bond donors (Lipinski definition) is 1. The number of amides is 1. The van der Waals surface area contributed by atoms with Crippen molar-refractivity contribution in [3.8, 4) is 0 Å². The average molecular weight is 320 g/mol. The van der Waals surface area contributed by atoms with Crippen LogP contribution in [0, 0.1) is 5.92 Å². The van der Waals surface area contributed by atoms with Crippen molar-refractivity contribution in [3.05, 3.63) is 27.5 Å². The summed E-state index contributed by atoms with van der Waals surface area (Å²) in [7, 11) is 0. The third-order valence-corrected chi connectivity index (χ3v) is 2.99. The number of aromatic nitrogens is 1. The van der Waals surface area contributed by atoms with Crippen LogP contribution in [0.1, 0.15) is 37.6 Å². The molecule has 0 spiro atoms. The minimum Gasteiger partial charge on any atom is -0.349 e. The summed E-state index contributed by atoms with van der Waals surface area (Å²) >= 11 is 9.16. The van der Waals surface area contributed by atoms with Crippen molar-refractivity contribution in [1.29, 1.82) is 0 Å². The molecule has 1 aromatic rings. The molecular formula is C12H16BrClN2O. The first-order chi connectivity index (χ1) is 7.90. The molecule has 1 atom stereocenters. The maximum atomic E-state index is 12.0. The molecule has 0 aliphatic rings. The second-order valence-electron chi connectivity index (χ2n) is 4.50. The Morgan fingerprint density at radius 3 is 2.76 bits per heavy atom. The summed E-state index contributed by atoms with van der Waals surface area (Å²) in [6.45, 7) is 6.23. The zero-order valence-corrected chi connectivity index (χ0v) is 12.5. The van der Waals surface area contributed by atoms with Gasteiger partial charge in [-0.05, 0) is 41.3 Å². The van der Waals surface area contributed by atoms with Crippen LogP contribution in [0.3, 0.4) is 0 Å². The first kappa shape index (κ1) is 14.5. The highest BCUT2D eigenvalue weighted by Gasteiger charge is 2.15. The zero-order chi connectivity index (χ0) is 13.0. The minimum atomic E-state index is -0.183. The van der Waals surface area contributed by atoms with Crippen LogP contribution in [-0.2, 0) is 0 Å². The molecule has 0 saturated heterocycles. The van der Waals surface area contributed by atoms with Gasteiger partial charge in [-0.15, -0.1) is 0 Å². The molecule has 1 aromatic heterocycles. The van der Waals surface area contributed by atoms with Crippen LogP contribution in [0.4, 0.5) is 0 Å². The summed E-state index contributed by atoms with van der Waals surface area (Å²) in [5.74, 6) is 0.360. The second kappa shape index (κ2) is 6.36. The molecule has 1 heterocycles. The van der Waals surface area contributed by atoms with Gasteiger partial charge in [0.1, 0.15) is 5.15 Å². The van der Waals surface area contributed by atoms with Crippen LogP contribution in [0.15, 0.2) is 16.7 Å². The van der Waals surface area contributed by atoms with Gasteiger partial charge < -0.3 is 5.32 Å². The molecular weight excluding hydrogens is 304 g/mol. The van der Waals surface area contributed by atoms with Gasteiger partial charge in [0.15, 0.2) is 0 Å². The number of nitrogens with one attached hydrogen (secondary N) is 1. The molecule has 5 heteroatoms. The molecule has 0 fully saturated rings. The van der Waals surface area contributed by atoms with E-state index >= 15 is 0 Å². The lowest BCUT2D eigenvalue weighted by Gasteiger charge is -2.16. The SMILES string of the molecule is CC(C)CC(C)NC(=O)c1cc(Br)cnc1Cl. The smallest absolute Gasteiger partial charge is 0.254 e. The molecule has 94 valence electrons. The number of nitrogens with zero attached hydrogens (tertiary/aromatic N) is 1. The summed E-state index contributed by atoms with van der Waals surface area (Å²) in [4.78, 5) is 15.9. The summed E-state index contributed by atoms with van der Waals surface area (Å²) in [6, 6.07) is 1.80. The average Bonchev–Trinajstić information content (AvgIpc) is 2.20. The van der Waals surface area contributed by atoms with E-state index in [9.17, 15) is 4.79 Å². The van der Waals surface area contributed by atoms with E-state index in [0.29, 0.717) is 11.5 Å². The topological polar surface area (TPSA) is 42.0 Å². The molecule has 17 heavy (non-hydrogen) atoms. The van der Waals surface area contributed by atoms with Gasteiger partial charge in [0.05, 0.1) is 5.56 Å². The predicted octanol–water partition coefficient (Wildman–Crippen LogP) is 3.66. The molecule has 0 aromatic carbocycles. The van der Waals surface area contributed by atoms with Crippen molar-refractivity contribution in [2.75, 3.05) is 0 Å². The number of carbonyl (C=O) groups excluding carboxylic acids is 1. The van der Waals surface area contributed by atoms with E-state index in [4.69, 9.17) is 11.6 Å². The van der Waals surface area contributed by atoms with Crippen molar-refractivity contribution >= 4 is 33.4 Å². The van der Waals surface area contributed by atoms with Gasteiger partial charge >= 0.3 is 0 Å². The molecule has 1 rings (SSSR count). The van der Waals surface area contributed by atoms with Crippen molar-refractivity contribution in [2.45, 2.75) is 33.2 Å². The fourth-order valence-electron chi connectivity index (χ4n) is 1.65. The van der Waals surface area contributed by atoms with Crippen LogP contribution < -0.4 is 5.32 Å². The van der Waals surface area contributed by atoms with Gasteiger partial charge in [-0.3, -0.25) is 4.79 Å². The molecule has 0 saturated carbocycles. The summed E-state index contributed by atoms with van der Waals surface area (Å²) < 4.78 is 0.739. The third kappa shape index (κ3) is 4.64. The van der Waals surface area contributed by atoms with Crippen molar-refractivity contribution in [1.82, 2.24) is 10.3 Å². The van der Waals surface area contributed by atoms with Crippen molar-refractivity contribution in [2.24, 2.45) is 5.92 Å². The lowest BCUT2D eigenvalue weighted by Crippen LogP contribution is -2.33. The van der Waals surface area contributed by atoms with E-state index in [1.165, 1.54) is 0 Å². The Hall–Kier alpha value is -0.610. The van der Waals surface area contributed by atoms with Crippen LogP contribution in [-0.4, -0.2) is 16.9 Å². The molecule has 0 aliphatic heterocycles. The molecule has 0 bridgehead atoms. The maximum Gasteiger partial charge on any atom is 0.254 e. The van der Waals surface area contributed by atoms with Gasteiger partial charge in [0, 0.05) is 16.7 Å². The second-order valence-corrected chi connectivity index (χ2v) is 5.77. The van der Waals surface area contributed by atoms with E-state index in [0.717, 1.165) is 10.9 Å². The Labute approximate surface area is 115 Å². The standard InChI is InChI=1S/C12H16BrClN2O/c1-7(2)4-8(3)16-12(17)10-5-9(13)6-15-11(10)14/h5-8H,4H2,1-3H3,(H,16,17). The maximum absolute atomic E-state index is 12.0. The van der Waals surface area contributed by atoms with E-state index in [1.807, 2.05) is 6.92 Å². The highest BCUT2D eigenvalue weighted by Crippen LogP contribution is 2.18. The summed E-state index contributed by atoms with van der Waals surface area (Å²) in [6.07, 6.45) is 2.50. The van der Waals surface area contributed by atoms with Crippen molar-refractivity contribution < 1.29 is 4.79 Å². The molecule has 1 amide bonds. The Balaban J connectivity index is 2.73. The molecule has 0 radical (unpaired) electrons. The molecule has 1 unspecified atom stereocenters.